The fourth-order valence-corrected chi connectivity index (χ4v) is 2.31. The second-order valence-electron chi connectivity index (χ2n) is 4.75. The van der Waals surface area contributed by atoms with Crippen molar-refractivity contribution in [2.75, 3.05) is 13.2 Å². The van der Waals surface area contributed by atoms with E-state index < -0.39 is 0 Å². The summed E-state index contributed by atoms with van der Waals surface area (Å²) in [6.07, 6.45) is 1.92. The van der Waals surface area contributed by atoms with Gasteiger partial charge in [-0.1, -0.05) is 17.3 Å². The summed E-state index contributed by atoms with van der Waals surface area (Å²) >= 11 is 0. The Labute approximate surface area is 111 Å². The number of aromatic nitrogens is 2. The van der Waals surface area contributed by atoms with Crippen LogP contribution in [0.5, 0.6) is 0 Å². The summed E-state index contributed by atoms with van der Waals surface area (Å²) in [5.74, 6) is 1.71. The highest BCUT2D eigenvalue weighted by molar-refractivity contribution is 5.54. The van der Waals surface area contributed by atoms with E-state index in [1.807, 2.05) is 24.3 Å². The van der Waals surface area contributed by atoms with E-state index in [1.54, 1.807) is 0 Å². The van der Waals surface area contributed by atoms with E-state index in [1.165, 1.54) is 0 Å². The zero-order valence-corrected chi connectivity index (χ0v) is 10.7. The van der Waals surface area contributed by atoms with Crippen molar-refractivity contribution in [3.63, 3.8) is 0 Å². The number of rotatable bonds is 3. The second-order valence-corrected chi connectivity index (χ2v) is 4.75. The number of benzene rings is 1. The first-order valence-electron chi connectivity index (χ1n) is 6.57. The Morgan fingerprint density at radius 2 is 2.11 bits per heavy atom. The van der Waals surface area contributed by atoms with Crippen LogP contribution in [0, 0.1) is 0 Å². The van der Waals surface area contributed by atoms with Crippen LogP contribution in [0.2, 0.25) is 0 Å². The van der Waals surface area contributed by atoms with Crippen LogP contribution >= 0.6 is 0 Å². The summed E-state index contributed by atoms with van der Waals surface area (Å²) in [7, 11) is 0. The molecule has 1 aromatic carbocycles. The molecule has 100 valence electrons. The molecule has 0 unspecified atom stereocenters. The van der Waals surface area contributed by atoms with E-state index in [2.05, 4.69) is 10.1 Å². The standard InChI is InChI=1S/C14H17N3O2/c15-9-10-2-1-3-12(8-10)14-16-13(17-19-14)11-4-6-18-7-5-11/h1-3,8,11H,4-7,9,15H2. The second kappa shape index (κ2) is 5.50. The molecule has 0 atom stereocenters. The molecule has 0 saturated carbocycles. The lowest BCUT2D eigenvalue weighted by molar-refractivity contribution is 0.0830. The van der Waals surface area contributed by atoms with E-state index >= 15 is 0 Å². The Hall–Kier alpha value is -1.72. The number of nitrogens with zero attached hydrogens (tertiary/aromatic N) is 2. The van der Waals surface area contributed by atoms with Crippen LogP contribution in [0.4, 0.5) is 0 Å². The average molecular weight is 259 g/mol. The molecule has 0 bridgehead atoms. The minimum Gasteiger partial charge on any atom is -0.381 e. The Balaban J connectivity index is 1.83. The van der Waals surface area contributed by atoms with Gasteiger partial charge in [0.1, 0.15) is 0 Å². The van der Waals surface area contributed by atoms with Crippen LogP contribution < -0.4 is 5.73 Å². The maximum atomic E-state index is 5.64. The highest BCUT2D eigenvalue weighted by Crippen LogP contribution is 2.27. The van der Waals surface area contributed by atoms with Crippen molar-refractivity contribution < 1.29 is 9.26 Å². The molecule has 0 radical (unpaired) electrons. The lowest BCUT2D eigenvalue weighted by Gasteiger charge is -2.18. The zero-order valence-electron chi connectivity index (χ0n) is 10.7. The highest BCUT2D eigenvalue weighted by Gasteiger charge is 2.21. The van der Waals surface area contributed by atoms with Crippen molar-refractivity contribution in [3.8, 4) is 11.5 Å². The molecule has 5 nitrogen and oxygen atoms in total. The van der Waals surface area contributed by atoms with Gasteiger partial charge in [0.25, 0.3) is 5.89 Å². The largest absolute Gasteiger partial charge is 0.381 e. The summed E-state index contributed by atoms with van der Waals surface area (Å²) < 4.78 is 10.7. The molecule has 2 heterocycles. The zero-order chi connectivity index (χ0) is 13.1. The third-order valence-electron chi connectivity index (χ3n) is 3.44. The van der Waals surface area contributed by atoms with Gasteiger partial charge in [-0.25, -0.2) is 0 Å². The van der Waals surface area contributed by atoms with Crippen LogP contribution in [0.15, 0.2) is 28.8 Å². The highest BCUT2D eigenvalue weighted by atomic mass is 16.5. The Kier molecular flexibility index (Phi) is 3.57. The van der Waals surface area contributed by atoms with Gasteiger partial charge in [-0.2, -0.15) is 4.98 Å². The summed E-state index contributed by atoms with van der Waals surface area (Å²) in [5.41, 5.74) is 7.62. The van der Waals surface area contributed by atoms with Gasteiger partial charge in [0.05, 0.1) is 0 Å². The first kappa shape index (κ1) is 12.3. The Bertz CT molecular complexity index is 547. The molecule has 2 N–H and O–H groups in total. The predicted molar refractivity (Wildman–Crippen MR) is 70.4 cm³/mol. The van der Waals surface area contributed by atoms with Crippen LogP contribution in [0.3, 0.4) is 0 Å². The maximum absolute atomic E-state index is 5.64. The summed E-state index contributed by atoms with van der Waals surface area (Å²) in [4.78, 5) is 4.51. The van der Waals surface area contributed by atoms with Gasteiger partial charge in [-0.15, -0.1) is 0 Å². The minimum atomic E-state index is 0.351. The molecule has 3 rings (SSSR count). The summed E-state index contributed by atoms with van der Waals surface area (Å²) in [5, 5.41) is 4.10. The number of nitrogens with two attached hydrogens (primary N) is 1. The number of ether oxygens (including phenoxy) is 1. The Morgan fingerprint density at radius 3 is 2.89 bits per heavy atom. The summed E-state index contributed by atoms with van der Waals surface area (Å²) in [6.45, 7) is 2.06. The fourth-order valence-electron chi connectivity index (χ4n) is 2.31. The van der Waals surface area contributed by atoms with Gasteiger partial charge in [0, 0.05) is 31.2 Å². The van der Waals surface area contributed by atoms with Crippen LogP contribution in [-0.2, 0) is 11.3 Å². The molecule has 0 amide bonds. The Morgan fingerprint density at radius 1 is 1.26 bits per heavy atom. The maximum Gasteiger partial charge on any atom is 0.257 e. The number of hydrogen-bond acceptors (Lipinski definition) is 5. The third-order valence-corrected chi connectivity index (χ3v) is 3.44. The molecule has 1 aliphatic heterocycles. The molecule has 19 heavy (non-hydrogen) atoms. The third kappa shape index (κ3) is 2.67. The van der Waals surface area contributed by atoms with Crippen molar-refractivity contribution in [3.05, 3.63) is 35.7 Å². The fraction of sp³-hybridized carbons (Fsp3) is 0.429. The molecule has 1 aromatic heterocycles. The van der Waals surface area contributed by atoms with E-state index in [9.17, 15) is 0 Å². The lowest BCUT2D eigenvalue weighted by Crippen LogP contribution is -2.15. The molecule has 1 saturated heterocycles. The van der Waals surface area contributed by atoms with Crippen molar-refractivity contribution >= 4 is 0 Å². The molecule has 5 heteroatoms. The van der Waals surface area contributed by atoms with Crippen molar-refractivity contribution in [2.24, 2.45) is 5.73 Å². The van der Waals surface area contributed by atoms with Crippen LogP contribution in [-0.4, -0.2) is 23.4 Å². The topological polar surface area (TPSA) is 74.2 Å². The van der Waals surface area contributed by atoms with E-state index in [4.69, 9.17) is 15.0 Å². The lowest BCUT2D eigenvalue weighted by atomic mass is 10.00. The molecular formula is C14H17N3O2. The SMILES string of the molecule is NCc1cccc(-c2nc(C3CCOCC3)no2)c1. The molecule has 0 aliphatic carbocycles. The van der Waals surface area contributed by atoms with Crippen molar-refractivity contribution in [1.29, 1.82) is 0 Å². The van der Waals surface area contributed by atoms with Crippen molar-refractivity contribution in [2.45, 2.75) is 25.3 Å². The van der Waals surface area contributed by atoms with Gasteiger partial charge in [-0.3, -0.25) is 0 Å². The van der Waals surface area contributed by atoms with E-state index in [0.29, 0.717) is 18.4 Å². The van der Waals surface area contributed by atoms with Crippen LogP contribution in [0.25, 0.3) is 11.5 Å². The number of hydrogen-bond donors (Lipinski definition) is 1. The average Bonchev–Trinajstić information content (AvgIpc) is 2.98. The smallest absolute Gasteiger partial charge is 0.257 e. The van der Waals surface area contributed by atoms with Gasteiger partial charge in [-0.05, 0) is 30.5 Å². The van der Waals surface area contributed by atoms with Gasteiger partial charge in [0.15, 0.2) is 5.82 Å². The molecule has 0 spiro atoms. The minimum absolute atomic E-state index is 0.351. The molecule has 1 aliphatic rings. The van der Waals surface area contributed by atoms with Crippen LogP contribution in [0.1, 0.15) is 30.1 Å². The summed E-state index contributed by atoms with van der Waals surface area (Å²) in [6, 6.07) is 7.89. The van der Waals surface area contributed by atoms with Gasteiger partial charge in [0.2, 0.25) is 0 Å². The monoisotopic (exact) mass is 259 g/mol. The molecule has 2 aromatic rings. The first-order valence-corrected chi connectivity index (χ1v) is 6.57. The predicted octanol–water partition coefficient (Wildman–Crippen LogP) is 2.09. The van der Waals surface area contributed by atoms with Gasteiger partial charge >= 0.3 is 0 Å². The van der Waals surface area contributed by atoms with Crippen molar-refractivity contribution in [1.82, 2.24) is 10.1 Å². The molecule has 1 fully saturated rings. The van der Waals surface area contributed by atoms with E-state index in [0.717, 1.165) is 43.0 Å². The molecular weight excluding hydrogens is 242 g/mol. The quantitative estimate of drug-likeness (QED) is 0.913. The first-order chi connectivity index (χ1) is 9.36. The van der Waals surface area contributed by atoms with Gasteiger partial charge < -0.3 is 15.0 Å². The normalized spacial score (nSPS) is 16.7. The van der Waals surface area contributed by atoms with E-state index in [-0.39, 0.29) is 0 Å².